The van der Waals surface area contributed by atoms with Crippen molar-refractivity contribution in [2.45, 2.75) is 5.92 Å². The number of benzene rings is 1. The fourth-order valence-electron chi connectivity index (χ4n) is 1.97. The van der Waals surface area contributed by atoms with Gasteiger partial charge >= 0.3 is 0 Å². The van der Waals surface area contributed by atoms with E-state index in [9.17, 15) is 17.6 Å². The van der Waals surface area contributed by atoms with Crippen LogP contribution in [0.3, 0.4) is 0 Å². The molecule has 1 heterocycles. The Labute approximate surface area is 103 Å². The lowest BCUT2D eigenvalue weighted by Crippen LogP contribution is -2.47. The normalized spacial score (nSPS) is 18.0. The topological polar surface area (TPSA) is 15.3 Å². The van der Waals surface area contributed by atoms with Gasteiger partial charge in [-0.2, -0.15) is 8.78 Å². The average Bonchev–Trinajstić information content (AvgIpc) is 2.33. The van der Waals surface area contributed by atoms with Crippen LogP contribution in [0, 0.1) is 11.6 Å². The van der Waals surface area contributed by atoms with Crippen LogP contribution in [0.2, 0.25) is 0 Å². The molecule has 0 aromatic heterocycles. The molecule has 0 atom stereocenters. The van der Waals surface area contributed by atoms with Crippen LogP contribution in [0.1, 0.15) is 5.56 Å². The lowest BCUT2D eigenvalue weighted by atomic mass is 10.1. The fourth-order valence-corrected chi connectivity index (χ4v) is 1.97. The highest BCUT2D eigenvalue weighted by atomic mass is 19.3. The minimum atomic E-state index is -3.17. The second-order valence-electron chi connectivity index (χ2n) is 4.36. The fraction of sp³-hybridized carbons (Fsp3) is 0.500. The number of rotatable bonds is 3. The Morgan fingerprint density at radius 3 is 2.39 bits per heavy atom. The Hall–Kier alpha value is -1.14. The maximum Gasteiger partial charge on any atom is 0.285 e. The zero-order chi connectivity index (χ0) is 13.2. The summed E-state index contributed by atoms with van der Waals surface area (Å²) in [5.74, 6) is -5.53. The summed E-state index contributed by atoms with van der Waals surface area (Å²) in [5.41, 5.74) is -0.486. The molecule has 1 fully saturated rings. The third kappa shape index (κ3) is 3.00. The van der Waals surface area contributed by atoms with Crippen molar-refractivity contribution in [3.8, 4) is 0 Å². The highest BCUT2D eigenvalue weighted by molar-refractivity contribution is 5.22. The SMILES string of the molecule is Fc1ccc(C(F)(F)CN2CCNCC2)cc1F. The summed E-state index contributed by atoms with van der Waals surface area (Å²) < 4.78 is 53.5. The van der Waals surface area contributed by atoms with E-state index in [-0.39, 0.29) is 0 Å². The molecule has 0 aliphatic carbocycles. The second kappa shape index (κ2) is 5.24. The molecule has 1 aromatic carbocycles. The van der Waals surface area contributed by atoms with E-state index in [4.69, 9.17) is 0 Å². The van der Waals surface area contributed by atoms with Crippen LogP contribution in [0.4, 0.5) is 17.6 Å². The predicted octanol–water partition coefficient (Wildman–Crippen LogP) is 1.96. The van der Waals surface area contributed by atoms with Crippen LogP contribution in [0.15, 0.2) is 18.2 Å². The van der Waals surface area contributed by atoms with Gasteiger partial charge in [-0.1, -0.05) is 0 Å². The molecular formula is C12H14F4N2. The number of nitrogens with zero attached hydrogens (tertiary/aromatic N) is 1. The van der Waals surface area contributed by atoms with E-state index >= 15 is 0 Å². The van der Waals surface area contributed by atoms with Crippen molar-refractivity contribution in [3.05, 3.63) is 35.4 Å². The van der Waals surface area contributed by atoms with Crippen LogP contribution in [0.25, 0.3) is 0 Å². The van der Waals surface area contributed by atoms with Gasteiger partial charge in [0.05, 0.1) is 6.54 Å². The Bertz CT molecular complexity index is 417. The third-order valence-electron chi connectivity index (χ3n) is 2.97. The first-order valence-electron chi connectivity index (χ1n) is 5.75. The standard InChI is InChI=1S/C12H14F4N2/c13-10-2-1-9(7-11(10)14)12(15,16)8-18-5-3-17-4-6-18/h1-2,7,17H,3-6,8H2. The molecule has 0 radical (unpaired) electrons. The average molecular weight is 262 g/mol. The van der Waals surface area contributed by atoms with E-state index in [0.717, 1.165) is 12.1 Å². The van der Waals surface area contributed by atoms with Gasteiger partial charge in [0.15, 0.2) is 11.6 Å². The Morgan fingerprint density at radius 1 is 1.11 bits per heavy atom. The Morgan fingerprint density at radius 2 is 1.78 bits per heavy atom. The van der Waals surface area contributed by atoms with Crippen LogP contribution >= 0.6 is 0 Å². The quantitative estimate of drug-likeness (QED) is 0.838. The second-order valence-corrected chi connectivity index (χ2v) is 4.36. The largest absolute Gasteiger partial charge is 0.314 e. The number of hydrogen-bond acceptors (Lipinski definition) is 2. The Kier molecular flexibility index (Phi) is 3.87. The molecule has 2 rings (SSSR count). The van der Waals surface area contributed by atoms with E-state index < -0.39 is 29.7 Å². The first kappa shape index (κ1) is 13.3. The minimum Gasteiger partial charge on any atom is -0.314 e. The molecule has 2 nitrogen and oxygen atoms in total. The van der Waals surface area contributed by atoms with Gasteiger partial charge in [-0.3, -0.25) is 4.90 Å². The van der Waals surface area contributed by atoms with E-state index in [1.54, 1.807) is 4.90 Å². The van der Waals surface area contributed by atoms with Crippen molar-refractivity contribution < 1.29 is 17.6 Å². The van der Waals surface area contributed by atoms with Crippen LogP contribution in [0.5, 0.6) is 0 Å². The summed E-state index contributed by atoms with van der Waals surface area (Å²) >= 11 is 0. The summed E-state index contributed by atoms with van der Waals surface area (Å²) in [4.78, 5) is 1.61. The number of halogens is 4. The summed E-state index contributed by atoms with van der Waals surface area (Å²) in [6.45, 7) is 1.90. The van der Waals surface area contributed by atoms with Gasteiger partial charge in [-0.15, -0.1) is 0 Å². The van der Waals surface area contributed by atoms with Crippen LogP contribution < -0.4 is 5.32 Å². The summed E-state index contributed by atoms with van der Waals surface area (Å²) in [7, 11) is 0. The van der Waals surface area contributed by atoms with Crippen LogP contribution in [-0.2, 0) is 5.92 Å². The molecule has 0 amide bonds. The van der Waals surface area contributed by atoms with Crippen molar-refractivity contribution >= 4 is 0 Å². The first-order valence-corrected chi connectivity index (χ1v) is 5.75. The van der Waals surface area contributed by atoms with E-state index in [1.807, 2.05) is 0 Å². The summed E-state index contributed by atoms with van der Waals surface area (Å²) in [5, 5.41) is 3.06. The molecule has 0 bridgehead atoms. The van der Waals surface area contributed by atoms with Gasteiger partial charge in [-0.05, 0) is 18.2 Å². The smallest absolute Gasteiger partial charge is 0.285 e. The summed E-state index contributed by atoms with van der Waals surface area (Å²) in [6.07, 6.45) is 0. The number of piperazine rings is 1. The van der Waals surface area contributed by atoms with Gasteiger partial charge in [0.2, 0.25) is 0 Å². The van der Waals surface area contributed by atoms with E-state index in [0.29, 0.717) is 32.2 Å². The monoisotopic (exact) mass is 262 g/mol. The zero-order valence-electron chi connectivity index (χ0n) is 9.73. The zero-order valence-corrected chi connectivity index (χ0v) is 9.73. The first-order chi connectivity index (χ1) is 8.49. The lowest BCUT2D eigenvalue weighted by molar-refractivity contribution is -0.0403. The Balaban J connectivity index is 2.10. The number of nitrogens with one attached hydrogen (secondary N) is 1. The molecule has 6 heteroatoms. The van der Waals surface area contributed by atoms with Gasteiger partial charge in [0.25, 0.3) is 5.92 Å². The molecule has 0 unspecified atom stereocenters. The summed E-state index contributed by atoms with van der Waals surface area (Å²) in [6, 6.07) is 2.23. The minimum absolute atomic E-state index is 0.472. The highest BCUT2D eigenvalue weighted by Crippen LogP contribution is 2.30. The molecule has 100 valence electrons. The molecule has 1 aromatic rings. The molecule has 18 heavy (non-hydrogen) atoms. The molecule has 1 aliphatic heterocycles. The molecule has 1 aliphatic rings. The van der Waals surface area contributed by atoms with Gasteiger partial charge < -0.3 is 5.32 Å². The molecule has 0 spiro atoms. The van der Waals surface area contributed by atoms with Crippen molar-refractivity contribution in [2.75, 3.05) is 32.7 Å². The maximum absolute atomic E-state index is 13.9. The maximum atomic E-state index is 13.9. The molecule has 1 N–H and O–H groups in total. The van der Waals surface area contributed by atoms with Crippen molar-refractivity contribution in [3.63, 3.8) is 0 Å². The van der Waals surface area contributed by atoms with Gasteiger partial charge in [0, 0.05) is 31.7 Å². The van der Waals surface area contributed by atoms with Crippen molar-refractivity contribution in [1.29, 1.82) is 0 Å². The van der Waals surface area contributed by atoms with Gasteiger partial charge in [0.1, 0.15) is 0 Å². The highest BCUT2D eigenvalue weighted by Gasteiger charge is 2.34. The lowest BCUT2D eigenvalue weighted by Gasteiger charge is -2.30. The van der Waals surface area contributed by atoms with Crippen molar-refractivity contribution in [2.24, 2.45) is 0 Å². The van der Waals surface area contributed by atoms with E-state index in [2.05, 4.69) is 5.32 Å². The van der Waals surface area contributed by atoms with Crippen LogP contribution in [-0.4, -0.2) is 37.6 Å². The molecular weight excluding hydrogens is 248 g/mol. The van der Waals surface area contributed by atoms with E-state index in [1.165, 1.54) is 0 Å². The van der Waals surface area contributed by atoms with Gasteiger partial charge in [-0.25, -0.2) is 8.78 Å². The van der Waals surface area contributed by atoms with Crippen molar-refractivity contribution in [1.82, 2.24) is 10.2 Å². The number of hydrogen-bond donors (Lipinski definition) is 1. The predicted molar refractivity (Wildman–Crippen MR) is 59.6 cm³/mol. The molecule has 1 saturated heterocycles. The third-order valence-corrected chi connectivity index (χ3v) is 2.97. The molecule has 0 saturated carbocycles. The number of alkyl halides is 2.